The van der Waals surface area contributed by atoms with Crippen molar-refractivity contribution in [3.63, 3.8) is 0 Å². The SMILES string of the molecule is CN=C(NCC(c1ccccc1OC)N1CCCC1)NC(C)(C)C. The third kappa shape index (κ3) is 5.13. The smallest absolute Gasteiger partial charge is 0.191 e. The molecule has 1 atom stereocenters. The minimum atomic E-state index is -0.0184. The molecule has 1 unspecified atom stereocenters. The van der Waals surface area contributed by atoms with Crippen LogP contribution in [0.4, 0.5) is 0 Å². The summed E-state index contributed by atoms with van der Waals surface area (Å²) in [5, 5.41) is 6.92. The van der Waals surface area contributed by atoms with Crippen LogP contribution in [0.25, 0.3) is 0 Å². The van der Waals surface area contributed by atoms with E-state index in [1.165, 1.54) is 18.4 Å². The Bertz CT molecular complexity index is 545. The van der Waals surface area contributed by atoms with Crippen molar-refractivity contribution in [3.05, 3.63) is 29.8 Å². The van der Waals surface area contributed by atoms with E-state index in [2.05, 4.69) is 53.4 Å². The van der Waals surface area contributed by atoms with Gasteiger partial charge >= 0.3 is 0 Å². The summed E-state index contributed by atoms with van der Waals surface area (Å²) in [5.74, 6) is 1.79. The zero-order valence-corrected chi connectivity index (χ0v) is 15.7. The highest BCUT2D eigenvalue weighted by atomic mass is 16.5. The van der Waals surface area contributed by atoms with Crippen molar-refractivity contribution in [2.75, 3.05) is 33.8 Å². The van der Waals surface area contributed by atoms with Crippen molar-refractivity contribution in [1.29, 1.82) is 0 Å². The fourth-order valence-corrected chi connectivity index (χ4v) is 3.16. The Morgan fingerprint density at radius 1 is 1.25 bits per heavy atom. The summed E-state index contributed by atoms with van der Waals surface area (Å²) >= 11 is 0. The number of para-hydroxylation sites is 1. The Hall–Kier alpha value is -1.75. The monoisotopic (exact) mass is 332 g/mol. The lowest BCUT2D eigenvalue weighted by molar-refractivity contribution is 0.239. The van der Waals surface area contributed by atoms with Gasteiger partial charge < -0.3 is 15.4 Å². The molecular weight excluding hydrogens is 300 g/mol. The highest BCUT2D eigenvalue weighted by Gasteiger charge is 2.26. The van der Waals surface area contributed by atoms with Gasteiger partial charge in [0, 0.05) is 24.7 Å². The van der Waals surface area contributed by atoms with Gasteiger partial charge in [0.05, 0.1) is 13.2 Å². The van der Waals surface area contributed by atoms with Crippen molar-refractivity contribution in [1.82, 2.24) is 15.5 Å². The van der Waals surface area contributed by atoms with Gasteiger partial charge in [0.25, 0.3) is 0 Å². The van der Waals surface area contributed by atoms with Crippen LogP contribution in [0.1, 0.15) is 45.2 Å². The molecule has 0 aliphatic carbocycles. The second-order valence-electron chi connectivity index (χ2n) is 7.33. The quantitative estimate of drug-likeness (QED) is 0.643. The summed E-state index contributed by atoms with van der Waals surface area (Å²) < 4.78 is 5.60. The second kappa shape index (κ2) is 8.38. The zero-order chi connectivity index (χ0) is 17.6. The van der Waals surface area contributed by atoms with E-state index in [1.807, 2.05) is 19.2 Å². The maximum atomic E-state index is 5.60. The van der Waals surface area contributed by atoms with Crippen molar-refractivity contribution < 1.29 is 4.74 Å². The molecule has 0 radical (unpaired) electrons. The van der Waals surface area contributed by atoms with Crippen molar-refractivity contribution in [2.24, 2.45) is 4.99 Å². The fraction of sp³-hybridized carbons (Fsp3) is 0.632. The Labute approximate surface area is 146 Å². The first-order valence-corrected chi connectivity index (χ1v) is 8.80. The summed E-state index contributed by atoms with van der Waals surface area (Å²) in [4.78, 5) is 6.89. The van der Waals surface area contributed by atoms with Crippen molar-refractivity contribution in [2.45, 2.75) is 45.2 Å². The number of ether oxygens (including phenoxy) is 1. The number of likely N-dealkylation sites (tertiary alicyclic amines) is 1. The maximum absolute atomic E-state index is 5.60. The van der Waals surface area contributed by atoms with Gasteiger partial charge in [-0.25, -0.2) is 0 Å². The van der Waals surface area contributed by atoms with Gasteiger partial charge in [-0.1, -0.05) is 18.2 Å². The topological polar surface area (TPSA) is 48.9 Å². The summed E-state index contributed by atoms with van der Waals surface area (Å²) in [7, 11) is 3.56. The van der Waals surface area contributed by atoms with Crippen LogP contribution in [0.15, 0.2) is 29.3 Å². The van der Waals surface area contributed by atoms with Gasteiger partial charge in [-0.2, -0.15) is 0 Å². The van der Waals surface area contributed by atoms with Crippen molar-refractivity contribution in [3.8, 4) is 5.75 Å². The molecule has 0 amide bonds. The number of nitrogens with one attached hydrogen (secondary N) is 2. The molecule has 1 aliphatic heterocycles. The molecule has 0 saturated carbocycles. The van der Waals surface area contributed by atoms with Crippen LogP contribution < -0.4 is 15.4 Å². The highest BCUT2D eigenvalue weighted by molar-refractivity contribution is 5.80. The van der Waals surface area contributed by atoms with Crippen LogP contribution in [0.3, 0.4) is 0 Å². The predicted octanol–water partition coefficient (Wildman–Crippen LogP) is 2.80. The number of hydrogen-bond donors (Lipinski definition) is 2. The van der Waals surface area contributed by atoms with Crippen LogP contribution in [0.2, 0.25) is 0 Å². The maximum Gasteiger partial charge on any atom is 0.191 e. The first-order valence-electron chi connectivity index (χ1n) is 8.80. The second-order valence-corrected chi connectivity index (χ2v) is 7.33. The molecule has 1 aromatic rings. The van der Waals surface area contributed by atoms with Gasteiger partial charge in [-0.05, 0) is 52.8 Å². The molecule has 0 spiro atoms. The number of nitrogens with zero attached hydrogens (tertiary/aromatic N) is 2. The zero-order valence-electron chi connectivity index (χ0n) is 15.7. The normalized spacial score (nSPS) is 17.6. The van der Waals surface area contributed by atoms with Crippen LogP contribution in [0, 0.1) is 0 Å². The van der Waals surface area contributed by atoms with Gasteiger partial charge in [-0.15, -0.1) is 0 Å². The summed E-state index contributed by atoms with van der Waals surface area (Å²) in [6.45, 7) is 9.48. The average molecular weight is 332 g/mol. The number of hydrogen-bond acceptors (Lipinski definition) is 3. The summed E-state index contributed by atoms with van der Waals surface area (Å²) in [5.41, 5.74) is 1.22. The minimum absolute atomic E-state index is 0.0184. The van der Waals surface area contributed by atoms with E-state index in [9.17, 15) is 0 Å². The summed E-state index contributed by atoms with van der Waals surface area (Å²) in [6.07, 6.45) is 2.53. The van der Waals surface area contributed by atoms with E-state index in [-0.39, 0.29) is 11.6 Å². The average Bonchev–Trinajstić information content (AvgIpc) is 3.07. The number of methoxy groups -OCH3 is 1. The largest absolute Gasteiger partial charge is 0.496 e. The Morgan fingerprint density at radius 3 is 2.50 bits per heavy atom. The highest BCUT2D eigenvalue weighted by Crippen LogP contribution is 2.31. The molecule has 5 heteroatoms. The van der Waals surface area contributed by atoms with E-state index in [0.29, 0.717) is 0 Å². The molecule has 0 aromatic heterocycles. The number of benzene rings is 1. The Kier molecular flexibility index (Phi) is 6.49. The van der Waals surface area contributed by atoms with E-state index in [0.717, 1.165) is 31.3 Å². The lowest BCUT2D eigenvalue weighted by atomic mass is 10.0. The molecule has 24 heavy (non-hydrogen) atoms. The molecule has 5 nitrogen and oxygen atoms in total. The predicted molar refractivity (Wildman–Crippen MR) is 101 cm³/mol. The van der Waals surface area contributed by atoms with E-state index >= 15 is 0 Å². The number of guanidine groups is 1. The van der Waals surface area contributed by atoms with Crippen LogP contribution >= 0.6 is 0 Å². The standard InChI is InChI=1S/C19H32N4O/c1-19(2,3)22-18(20-4)21-14-16(23-12-8-9-13-23)15-10-6-7-11-17(15)24-5/h6-7,10-11,16H,8-9,12-14H2,1-5H3,(H2,20,21,22). The van der Waals surface area contributed by atoms with Crippen LogP contribution in [-0.4, -0.2) is 50.2 Å². The van der Waals surface area contributed by atoms with Gasteiger partial charge in [-0.3, -0.25) is 9.89 Å². The van der Waals surface area contributed by atoms with E-state index in [4.69, 9.17) is 4.74 Å². The van der Waals surface area contributed by atoms with Crippen LogP contribution in [-0.2, 0) is 0 Å². The van der Waals surface area contributed by atoms with Gasteiger partial charge in [0.1, 0.15) is 5.75 Å². The molecule has 2 rings (SSSR count). The number of rotatable bonds is 5. The Morgan fingerprint density at radius 2 is 1.92 bits per heavy atom. The lowest BCUT2D eigenvalue weighted by Crippen LogP contribution is -2.49. The minimum Gasteiger partial charge on any atom is -0.496 e. The van der Waals surface area contributed by atoms with Gasteiger partial charge in [0.2, 0.25) is 0 Å². The molecule has 0 bridgehead atoms. The molecular formula is C19H32N4O. The van der Waals surface area contributed by atoms with Gasteiger partial charge in [0.15, 0.2) is 5.96 Å². The Balaban J connectivity index is 2.15. The molecule has 1 saturated heterocycles. The molecule has 1 aromatic carbocycles. The first-order chi connectivity index (χ1) is 11.4. The van der Waals surface area contributed by atoms with E-state index < -0.39 is 0 Å². The van der Waals surface area contributed by atoms with E-state index in [1.54, 1.807) is 7.11 Å². The van der Waals surface area contributed by atoms with Crippen LogP contribution in [0.5, 0.6) is 5.75 Å². The fourth-order valence-electron chi connectivity index (χ4n) is 3.16. The third-order valence-corrected chi connectivity index (χ3v) is 4.26. The molecule has 1 aliphatic rings. The van der Waals surface area contributed by atoms with Crippen molar-refractivity contribution >= 4 is 5.96 Å². The number of aliphatic imine (C=N–C) groups is 1. The lowest BCUT2D eigenvalue weighted by Gasteiger charge is -2.31. The molecule has 1 fully saturated rings. The first kappa shape index (κ1) is 18.6. The molecule has 2 N–H and O–H groups in total. The third-order valence-electron chi connectivity index (χ3n) is 4.26. The summed E-state index contributed by atoms with van der Waals surface area (Å²) in [6, 6.07) is 8.60. The molecule has 134 valence electrons. The molecule has 1 heterocycles.